The van der Waals surface area contributed by atoms with Crippen molar-refractivity contribution in [1.29, 1.82) is 0 Å². The van der Waals surface area contributed by atoms with Gasteiger partial charge in [0.05, 0.1) is 0 Å². The lowest BCUT2D eigenvalue weighted by atomic mass is 9.90. The van der Waals surface area contributed by atoms with E-state index in [2.05, 4.69) is 24.4 Å². The first-order valence-electron chi connectivity index (χ1n) is 10.5. The number of nitrogens with zero attached hydrogens (tertiary/aromatic N) is 2. The van der Waals surface area contributed by atoms with Gasteiger partial charge in [0.15, 0.2) is 0 Å². The third-order valence-corrected chi connectivity index (χ3v) is 6.03. The largest absolute Gasteiger partial charge is 0.339 e. The zero-order chi connectivity index (χ0) is 19.2. The molecule has 0 saturated carbocycles. The maximum Gasteiger partial charge on any atom is 0.317 e. The van der Waals surface area contributed by atoms with Crippen LogP contribution in [0.25, 0.3) is 0 Å². The summed E-state index contributed by atoms with van der Waals surface area (Å²) in [7, 11) is 0. The Kier molecular flexibility index (Phi) is 6.75. The highest BCUT2D eigenvalue weighted by Crippen LogP contribution is 2.23. The normalized spacial score (nSPS) is 19.2. The van der Waals surface area contributed by atoms with Gasteiger partial charge in [0, 0.05) is 38.3 Å². The fourth-order valence-electron chi connectivity index (χ4n) is 4.11. The Morgan fingerprint density at radius 3 is 2.15 bits per heavy atom. The molecule has 2 aliphatic heterocycles. The van der Waals surface area contributed by atoms with Crippen LogP contribution >= 0.6 is 0 Å². The summed E-state index contributed by atoms with van der Waals surface area (Å²) in [5, 5.41) is 2.88. The third kappa shape index (κ3) is 5.24. The van der Waals surface area contributed by atoms with Crippen molar-refractivity contribution < 1.29 is 9.59 Å². The van der Waals surface area contributed by atoms with Crippen LogP contribution in [0.3, 0.4) is 0 Å². The first-order valence-corrected chi connectivity index (χ1v) is 10.5. The number of carbonyl (C=O) groups is 2. The van der Waals surface area contributed by atoms with E-state index in [-0.39, 0.29) is 11.9 Å². The zero-order valence-corrected chi connectivity index (χ0v) is 16.7. The van der Waals surface area contributed by atoms with Crippen molar-refractivity contribution in [2.45, 2.75) is 46.0 Å². The van der Waals surface area contributed by atoms with Gasteiger partial charge in [0.2, 0.25) is 0 Å². The number of carbonyl (C=O) groups excluding carboxylic acids is 2. The van der Waals surface area contributed by atoms with E-state index in [0.717, 1.165) is 69.8 Å². The first kappa shape index (κ1) is 19.7. The van der Waals surface area contributed by atoms with Gasteiger partial charge >= 0.3 is 6.03 Å². The average molecular weight is 372 g/mol. The summed E-state index contributed by atoms with van der Waals surface area (Å²) in [6, 6.07) is 8.25. The standard InChI is InChI=1S/C22H33N3O2/c1-3-23-22(27)25-14-10-19(11-15-25)16-18-4-6-20(7-5-18)21(26)24-12-8-17(2)9-13-24/h4-7,17,19H,3,8-16H2,1-2H3,(H,23,27). The number of hydrogen-bond donors (Lipinski definition) is 1. The number of urea groups is 1. The van der Waals surface area contributed by atoms with Gasteiger partial charge in [0.1, 0.15) is 0 Å². The molecule has 5 nitrogen and oxygen atoms in total. The molecule has 0 atom stereocenters. The molecular formula is C22H33N3O2. The van der Waals surface area contributed by atoms with Crippen molar-refractivity contribution in [2.75, 3.05) is 32.7 Å². The summed E-state index contributed by atoms with van der Waals surface area (Å²) in [4.78, 5) is 28.4. The van der Waals surface area contributed by atoms with Crippen LogP contribution < -0.4 is 5.32 Å². The van der Waals surface area contributed by atoms with E-state index < -0.39 is 0 Å². The van der Waals surface area contributed by atoms with Gasteiger partial charge < -0.3 is 15.1 Å². The smallest absolute Gasteiger partial charge is 0.317 e. The van der Waals surface area contributed by atoms with Crippen molar-refractivity contribution in [3.63, 3.8) is 0 Å². The van der Waals surface area contributed by atoms with Crippen LogP contribution in [0.5, 0.6) is 0 Å². The minimum atomic E-state index is 0.0610. The third-order valence-electron chi connectivity index (χ3n) is 6.03. The number of amides is 3. The molecule has 0 aliphatic carbocycles. The van der Waals surface area contributed by atoms with Crippen LogP contribution in [0.4, 0.5) is 4.79 Å². The van der Waals surface area contributed by atoms with Crippen LogP contribution in [-0.4, -0.2) is 54.5 Å². The van der Waals surface area contributed by atoms with E-state index in [1.165, 1.54) is 5.56 Å². The molecule has 3 rings (SSSR count). The predicted octanol–water partition coefficient (Wildman–Crippen LogP) is 3.54. The molecule has 5 heteroatoms. The van der Waals surface area contributed by atoms with Gasteiger partial charge in [0.25, 0.3) is 5.91 Å². The second-order valence-electron chi connectivity index (χ2n) is 8.14. The number of benzene rings is 1. The number of likely N-dealkylation sites (tertiary alicyclic amines) is 2. The van der Waals surface area contributed by atoms with Crippen molar-refractivity contribution in [3.8, 4) is 0 Å². The van der Waals surface area contributed by atoms with E-state index in [4.69, 9.17) is 0 Å². The van der Waals surface area contributed by atoms with Crippen molar-refractivity contribution >= 4 is 11.9 Å². The minimum Gasteiger partial charge on any atom is -0.339 e. The van der Waals surface area contributed by atoms with Crippen LogP contribution in [0, 0.1) is 11.8 Å². The summed E-state index contributed by atoms with van der Waals surface area (Å²) in [5.41, 5.74) is 2.09. The Morgan fingerprint density at radius 1 is 0.963 bits per heavy atom. The van der Waals surface area contributed by atoms with Gasteiger partial charge in [-0.3, -0.25) is 4.79 Å². The van der Waals surface area contributed by atoms with E-state index >= 15 is 0 Å². The van der Waals surface area contributed by atoms with Gasteiger partial charge in [-0.25, -0.2) is 4.79 Å². The summed E-state index contributed by atoms with van der Waals surface area (Å²) in [6.45, 7) is 8.32. The lowest BCUT2D eigenvalue weighted by Gasteiger charge is -2.32. The first-order chi connectivity index (χ1) is 13.1. The summed E-state index contributed by atoms with van der Waals surface area (Å²) in [5.74, 6) is 1.51. The molecular weight excluding hydrogens is 338 g/mol. The molecule has 1 N–H and O–H groups in total. The Bertz CT molecular complexity index is 627. The molecule has 2 aliphatic rings. The SMILES string of the molecule is CCNC(=O)N1CCC(Cc2ccc(C(=O)N3CCC(C)CC3)cc2)CC1. The van der Waals surface area contributed by atoms with E-state index in [1.807, 2.05) is 28.9 Å². The number of rotatable bonds is 4. The molecule has 0 unspecified atom stereocenters. The highest BCUT2D eigenvalue weighted by atomic mass is 16.2. The Morgan fingerprint density at radius 2 is 1.56 bits per heavy atom. The molecule has 3 amide bonds. The van der Waals surface area contributed by atoms with Crippen LogP contribution in [0.1, 0.15) is 55.5 Å². The monoisotopic (exact) mass is 371 g/mol. The molecule has 0 aromatic heterocycles. The molecule has 1 aromatic rings. The van der Waals surface area contributed by atoms with Crippen LogP contribution in [0.2, 0.25) is 0 Å². The molecule has 2 fully saturated rings. The van der Waals surface area contributed by atoms with E-state index in [9.17, 15) is 9.59 Å². The number of nitrogens with one attached hydrogen (secondary N) is 1. The molecule has 0 radical (unpaired) electrons. The van der Waals surface area contributed by atoms with Gasteiger partial charge in [-0.1, -0.05) is 19.1 Å². The highest BCUT2D eigenvalue weighted by Gasteiger charge is 2.23. The second-order valence-corrected chi connectivity index (χ2v) is 8.14. The topological polar surface area (TPSA) is 52.7 Å². The van der Waals surface area contributed by atoms with Crippen LogP contribution in [-0.2, 0) is 6.42 Å². The Hall–Kier alpha value is -2.04. The molecule has 27 heavy (non-hydrogen) atoms. The maximum absolute atomic E-state index is 12.6. The second kappa shape index (κ2) is 9.25. The quantitative estimate of drug-likeness (QED) is 0.880. The molecule has 0 bridgehead atoms. The number of hydrogen-bond acceptors (Lipinski definition) is 2. The van der Waals surface area contributed by atoms with Crippen molar-refractivity contribution in [2.24, 2.45) is 11.8 Å². The predicted molar refractivity (Wildman–Crippen MR) is 108 cm³/mol. The molecule has 2 saturated heterocycles. The Balaban J connectivity index is 1.48. The van der Waals surface area contributed by atoms with Gasteiger partial charge in [-0.2, -0.15) is 0 Å². The molecule has 0 spiro atoms. The van der Waals surface area contributed by atoms with E-state index in [0.29, 0.717) is 12.5 Å². The van der Waals surface area contributed by atoms with E-state index in [1.54, 1.807) is 0 Å². The molecule has 2 heterocycles. The Labute approximate surface area is 163 Å². The van der Waals surface area contributed by atoms with Crippen molar-refractivity contribution in [1.82, 2.24) is 15.1 Å². The molecule has 1 aromatic carbocycles. The van der Waals surface area contributed by atoms with Crippen LogP contribution in [0.15, 0.2) is 24.3 Å². The summed E-state index contributed by atoms with van der Waals surface area (Å²) in [6.07, 6.45) is 5.34. The average Bonchev–Trinajstić information content (AvgIpc) is 2.69. The fraction of sp³-hybridized carbons (Fsp3) is 0.636. The fourth-order valence-corrected chi connectivity index (χ4v) is 4.11. The highest BCUT2D eigenvalue weighted by molar-refractivity contribution is 5.94. The lowest BCUT2D eigenvalue weighted by Crippen LogP contribution is -2.44. The molecule has 148 valence electrons. The lowest BCUT2D eigenvalue weighted by molar-refractivity contribution is 0.0697. The summed E-state index contributed by atoms with van der Waals surface area (Å²) >= 11 is 0. The van der Waals surface area contributed by atoms with Crippen molar-refractivity contribution in [3.05, 3.63) is 35.4 Å². The van der Waals surface area contributed by atoms with Gasteiger partial charge in [-0.15, -0.1) is 0 Å². The van der Waals surface area contributed by atoms with Gasteiger partial charge in [-0.05, 0) is 68.6 Å². The summed E-state index contributed by atoms with van der Waals surface area (Å²) < 4.78 is 0. The minimum absolute atomic E-state index is 0.0610. The maximum atomic E-state index is 12.6. The number of piperidine rings is 2. The zero-order valence-electron chi connectivity index (χ0n) is 16.7.